The van der Waals surface area contributed by atoms with Crippen LogP contribution in [0.5, 0.6) is 12.0 Å². The first kappa shape index (κ1) is 12.6. The zero-order valence-corrected chi connectivity index (χ0v) is 11.0. The van der Waals surface area contributed by atoms with E-state index in [1.165, 1.54) is 19.1 Å². The van der Waals surface area contributed by atoms with Crippen LogP contribution in [0.25, 0.3) is 0 Å². The maximum absolute atomic E-state index is 4.97. The summed E-state index contributed by atoms with van der Waals surface area (Å²) in [7, 11) is 3.01. The van der Waals surface area contributed by atoms with Crippen molar-refractivity contribution in [3.63, 3.8) is 0 Å². The Balaban J connectivity index is 1.95. The van der Waals surface area contributed by atoms with Crippen molar-refractivity contribution < 1.29 is 9.47 Å². The van der Waals surface area contributed by atoms with Crippen LogP contribution in [0.3, 0.4) is 0 Å². The topological polar surface area (TPSA) is 69.2 Å². The third-order valence-corrected chi connectivity index (χ3v) is 3.13. The SMILES string of the molecule is COc1nc(NCCc2cccs2)nc(OC)n1. The van der Waals surface area contributed by atoms with Crippen molar-refractivity contribution >= 4 is 17.3 Å². The number of hydrogen-bond donors (Lipinski definition) is 1. The Labute approximate surface area is 109 Å². The number of aromatic nitrogens is 3. The summed E-state index contributed by atoms with van der Waals surface area (Å²) in [5.74, 6) is 0.454. The van der Waals surface area contributed by atoms with Gasteiger partial charge in [0.15, 0.2) is 0 Å². The molecule has 2 heterocycles. The maximum atomic E-state index is 4.97. The van der Waals surface area contributed by atoms with Gasteiger partial charge in [-0.1, -0.05) is 6.07 Å². The molecule has 0 aliphatic carbocycles. The number of thiophene rings is 1. The lowest BCUT2D eigenvalue weighted by Gasteiger charge is -2.06. The van der Waals surface area contributed by atoms with Crippen LogP contribution in [0.2, 0.25) is 0 Å². The van der Waals surface area contributed by atoms with Gasteiger partial charge in [-0.3, -0.25) is 0 Å². The molecule has 0 unspecified atom stereocenters. The minimum atomic E-state index is 0.237. The van der Waals surface area contributed by atoms with Crippen molar-refractivity contribution in [3.05, 3.63) is 22.4 Å². The van der Waals surface area contributed by atoms with Gasteiger partial charge in [0.25, 0.3) is 0 Å². The molecule has 0 saturated heterocycles. The zero-order chi connectivity index (χ0) is 12.8. The number of nitrogens with one attached hydrogen (secondary N) is 1. The maximum Gasteiger partial charge on any atom is 0.324 e. The van der Waals surface area contributed by atoms with E-state index in [-0.39, 0.29) is 12.0 Å². The van der Waals surface area contributed by atoms with E-state index < -0.39 is 0 Å². The van der Waals surface area contributed by atoms with E-state index in [1.54, 1.807) is 11.3 Å². The van der Waals surface area contributed by atoms with Crippen LogP contribution in [0.15, 0.2) is 17.5 Å². The summed E-state index contributed by atoms with van der Waals surface area (Å²) in [5.41, 5.74) is 0. The van der Waals surface area contributed by atoms with Crippen molar-refractivity contribution in [2.75, 3.05) is 26.1 Å². The highest BCUT2D eigenvalue weighted by molar-refractivity contribution is 7.09. The van der Waals surface area contributed by atoms with Gasteiger partial charge in [0, 0.05) is 11.4 Å². The average molecular weight is 266 g/mol. The fourth-order valence-corrected chi connectivity index (χ4v) is 2.06. The molecule has 2 aromatic heterocycles. The Morgan fingerprint density at radius 3 is 2.44 bits per heavy atom. The molecule has 0 bridgehead atoms. The number of nitrogens with zero attached hydrogens (tertiary/aromatic N) is 3. The van der Waals surface area contributed by atoms with Crippen molar-refractivity contribution in [3.8, 4) is 12.0 Å². The van der Waals surface area contributed by atoms with E-state index in [0.29, 0.717) is 5.95 Å². The molecule has 7 heteroatoms. The summed E-state index contributed by atoms with van der Waals surface area (Å²) in [6, 6.07) is 4.61. The molecule has 0 amide bonds. The van der Waals surface area contributed by atoms with Gasteiger partial charge in [-0.2, -0.15) is 9.97 Å². The van der Waals surface area contributed by atoms with Crippen LogP contribution in [0.4, 0.5) is 5.95 Å². The Morgan fingerprint density at radius 2 is 1.89 bits per heavy atom. The van der Waals surface area contributed by atoms with Gasteiger partial charge >= 0.3 is 12.0 Å². The molecular formula is C11H14N4O2S. The van der Waals surface area contributed by atoms with Crippen LogP contribution < -0.4 is 14.8 Å². The molecule has 2 rings (SSSR count). The van der Waals surface area contributed by atoms with Crippen molar-refractivity contribution in [1.29, 1.82) is 0 Å². The van der Waals surface area contributed by atoms with Crippen LogP contribution >= 0.6 is 11.3 Å². The van der Waals surface area contributed by atoms with Crippen molar-refractivity contribution in [1.82, 2.24) is 15.0 Å². The van der Waals surface area contributed by atoms with Gasteiger partial charge in [0.1, 0.15) is 0 Å². The average Bonchev–Trinajstić information content (AvgIpc) is 2.91. The molecule has 0 aliphatic rings. The Bertz CT molecular complexity index is 468. The molecule has 0 fully saturated rings. The molecule has 0 saturated carbocycles. The Morgan fingerprint density at radius 1 is 1.17 bits per heavy atom. The summed E-state index contributed by atoms with van der Waals surface area (Å²) >= 11 is 1.73. The zero-order valence-electron chi connectivity index (χ0n) is 10.2. The predicted molar refractivity (Wildman–Crippen MR) is 69.4 cm³/mol. The first-order chi connectivity index (χ1) is 8.81. The molecule has 96 valence electrons. The van der Waals surface area contributed by atoms with Crippen molar-refractivity contribution in [2.45, 2.75) is 6.42 Å². The van der Waals surface area contributed by atoms with Gasteiger partial charge in [0.05, 0.1) is 14.2 Å². The van der Waals surface area contributed by atoms with Crippen LogP contribution in [0.1, 0.15) is 4.88 Å². The summed E-state index contributed by atoms with van der Waals surface area (Å²) < 4.78 is 9.94. The van der Waals surface area contributed by atoms with Crippen LogP contribution in [0, 0.1) is 0 Å². The fourth-order valence-electron chi connectivity index (χ4n) is 1.35. The highest BCUT2D eigenvalue weighted by atomic mass is 32.1. The number of rotatable bonds is 6. The minimum absolute atomic E-state index is 0.237. The Hall–Kier alpha value is -1.89. The largest absolute Gasteiger partial charge is 0.467 e. The molecule has 0 aliphatic heterocycles. The first-order valence-corrected chi connectivity index (χ1v) is 6.30. The molecular weight excluding hydrogens is 252 g/mol. The first-order valence-electron chi connectivity index (χ1n) is 5.42. The highest BCUT2D eigenvalue weighted by Gasteiger charge is 2.06. The minimum Gasteiger partial charge on any atom is -0.467 e. The number of hydrogen-bond acceptors (Lipinski definition) is 7. The smallest absolute Gasteiger partial charge is 0.324 e. The van der Waals surface area contributed by atoms with E-state index in [2.05, 4.69) is 31.7 Å². The summed E-state index contributed by atoms with van der Waals surface area (Å²) in [6.07, 6.45) is 0.925. The standard InChI is InChI=1S/C11H14N4O2S/c1-16-10-13-9(14-11(15-10)17-2)12-6-5-8-4-3-7-18-8/h3-4,7H,5-6H2,1-2H3,(H,12,13,14,15). The lowest BCUT2D eigenvalue weighted by Crippen LogP contribution is -2.09. The second-order valence-electron chi connectivity index (χ2n) is 3.39. The van der Waals surface area contributed by atoms with Gasteiger partial charge in [0.2, 0.25) is 5.95 Å². The lowest BCUT2D eigenvalue weighted by molar-refractivity contribution is 0.341. The second kappa shape index (κ2) is 6.15. The van der Waals surface area contributed by atoms with Crippen LogP contribution in [-0.4, -0.2) is 35.7 Å². The molecule has 0 radical (unpaired) electrons. The van der Waals surface area contributed by atoms with E-state index in [4.69, 9.17) is 9.47 Å². The van der Waals surface area contributed by atoms with Gasteiger partial charge in [-0.25, -0.2) is 0 Å². The van der Waals surface area contributed by atoms with E-state index >= 15 is 0 Å². The molecule has 1 N–H and O–H groups in total. The third-order valence-electron chi connectivity index (χ3n) is 2.19. The van der Waals surface area contributed by atoms with Gasteiger partial charge < -0.3 is 14.8 Å². The Kier molecular flexibility index (Phi) is 4.30. The molecule has 0 spiro atoms. The molecule has 0 aromatic carbocycles. The summed E-state index contributed by atoms with van der Waals surface area (Å²) in [6.45, 7) is 0.747. The fraction of sp³-hybridized carbons (Fsp3) is 0.364. The monoisotopic (exact) mass is 266 g/mol. The van der Waals surface area contributed by atoms with E-state index in [0.717, 1.165) is 13.0 Å². The normalized spacial score (nSPS) is 10.1. The van der Waals surface area contributed by atoms with E-state index in [1.807, 2.05) is 6.07 Å². The lowest BCUT2D eigenvalue weighted by atomic mass is 10.3. The summed E-state index contributed by atoms with van der Waals surface area (Å²) in [5, 5.41) is 5.18. The van der Waals surface area contributed by atoms with Gasteiger partial charge in [-0.05, 0) is 17.9 Å². The third kappa shape index (κ3) is 3.30. The van der Waals surface area contributed by atoms with Crippen molar-refractivity contribution in [2.24, 2.45) is 0 Å². The summed E-state index contributed by atoms with van der Waals surface area (Å²) in [4.78, 5) is 13.4. The van der Waals surface area contributed by atoms with E-state index in [9.17, 15) is 0 Å². The molecule has 6 nitrogen and oxygen atoms in total. The quantitative estimate of drug-likeness (QED) is 0.856. The second-order valence-corrected chi connectivity index (χ2v) is 4.42. The molecule has 0 atom stereocenters. The number of anilines is 1. The number of methoxy groups -OCH3 is 2. The number of ether oxygens (including phenoxy) is 2. The highest BCUT2D eigenvalue weighted by Crippen LogP contribution is 2.13. The molecule has 18 heavy (non-hydrogen) atoms. The van der Waals surface area contributed by atoms with Crippen LogP contribution in [-0.2, 0) is 6.42 Å². The predicted octanol–water partition coefficient (Wildman–Crippen LogP) is 1.60. The van der Waals surface area contributed by atoms with Gasteiger partial charge in [-0.15, -0.1) is 16.3 Å². The molecule has 2 aromatic rings.